The van der Waals surface area contributed by atoms with Crippen LogP contribution >= 0.6 is 0 Å². The highest BCUT2D eigenvalue weighted by molar-refractivity contribution is 6.09. The Bertz CT molecular complexity index is 1620. The van der Waals surface area contributed by atoms with Crippen LogP contribution in [-0.2, 0) is 5.41 Å². The van der Waals surface area contributed by atoms with E-state index in [1.54, 1.807) is 16.8 Å². The number of fused-ring (bicyclic) bond motifs is 6. The molecule has 6 rings (SSSR count). The molecule has 0 spiro atoms. The molecule has 0 aliphatic heterocycles. The average molecular weight is 365 g/mol. The summed E-state index contributed by atoms with van der Waals surface area (Å²) < 4.78 is 43.3. The van der Waals surface area contributed by atoms with Crippen molar-refractivity contribution in [3.63, 3.8) is 0 Å². The van der Waals surface area contributed by atoms with E-state index in [0.717, 1.165) is 27.5 Å². The number of para-hydroxylation sites is 1. The van der Waals surface area contributed by atoms with Gasteiger partial charge in [-0.15, -0.1) is 0 Å². The minimum atomic E-state index is -0.399. The van der Waals surface area contributed by atoms with Crippen LogP contribution in [0.1, 0.15) is 31.8 Å². The number of hydrogen-bond donors (Lipinski definition) is 0. The Balaban J connectivity index is 1.82. The molecule has 3 aromatic carbocycles. The zero-order chi connectivity index (χ0) is 23.2. The largest absolute Gasteiger partial charge is 0.308 e. The first-order valence-electron chi connectivity index (χ1n) is 11.8. The number of hydrogen-bond acceptors (Lipinski definition) is 1. The van der Waals surface area contributed by atoms with E-state index < -0.39 is 6.04 Å². The maximum Gasteiger partial charge on any atom is 0.0963 e. The lowest BCUT2D eigenvalue weighted by Gasteiger charge is -2.21. The van der Waals surface area contributed by atoms with Crippen molar-refractivity contribution >= 4 is 21.9 Å². The predicted octanol–water partition coefficient (Wildman–Crippen LogP) is 6.49. The Hall–Kier alpha value is -3.39. The lowest BCUT2D eigenvalue weighted by molar-refractivity contribution is 0.661. The molecular weight excluding hydrogens is 340 g/mol. The summed E-state index contributed by atoms with van der Waals surface area (Å²) in [6.07, 6.45) is 1.72. The summed E-state index contributed by atoms with van der Waals surface area (Å²) in [5.41, 5.74) is 6.88. The van der Waals surface area contributed by atoms with Gasteiger partial charge in [0.2, 0.25) is 0 Å². The van der Waals surface area contributed by atoms with Gasteiger partial charge in [-0.2, -0.15) is 0 Å². The molecule has 2 aromatic heterocycles. The molecule has 0 saturated carbocycles. The summed E-state index contributed by atoms with van der Waals surface area (Å²) in [4.78, 5) is 4.63. The first-order chi connectivity index (χ1) is 15.7. The molecule has 134 valence electrons. The van der Waals surface area contributed by atoms with Crippen molar-refractivity contribution in [3.05, 3.63) is 96.1 Å². The Morgan fingerprint density at radius 3 is 2.54 bits per heavy atom. The zero-order valence-electron chi connectivity index (χ0n) is 20.6. The van der Waals surface area contributed by atoms with Crippen LogP contribution in [0, 0.1) is 0 Å². The van der Waals surface area contributed by atoms with Gasteiger partial charge in [-0.3, -0.25) is 4.98 Å². The topological polar surface area (TPSA) is 17.8 Å². The quantitative estimate of drug-likeness (QED) is 0.332. The van der Waals surface area contributed by atoms with Gasteiger partial charge in [0.15, 0.2) is 0 Å². The van der Waals surface area contributed by atoms with E-state index >= 15 is 0 Å². The van der Waals surface area contributed by atoms with Gasteiger partial charge in [-0.05, 0) is 58.6 Å². The summed E-state index contributed by atoms with van der Waals surface area (Å²) in [6.45, 7) is 4.43. The van der Waals surface area contributed by atoms with Gasteiger partial charge < -0.3 is 4.57 Å². The van der Waals surface area contributed by atoms with E-state index in [1.165, 1.54) is 11.1 Å². The van der Waals surface area contributed by atoms with Crippen molar-refractivity contribution in [2.24, 2.45) is 0 Å². The van der Waals surface area contributed by atoms with Crippen molar-refractivity contribution in [2.75, 3.05) is 0 Å². The number of aromatic nitrogens is 2. The molecule has 2 heterocycles. The molecule has 1 aliphatic carbocycles. The van der Waals surface area contributed by atoms with Crippen LogP contribution in [0.3, 0.4) is 0 Å². The molecule has 0 unspecified atom stereocenters. The fourth-order valence-corrected chi connectivity index (χ4v) is 4.62. The summed E-state index contributed by atoms with van der Waals surface area (Å²) in [5, 5.41) is 0.900. The van der Waals surface area contributed by atoms with Crippen molar-refractivity contribution in [1.82, 2.24) is 9.55 Å². The van der Waals surface area contributed by atoms with E-state index in [0.29, 0.717) is 5.52 Å². The molecule has 0 saturated heterocycles. The summed E-state index contributed by atoms with van der Waals surface area (Å²) in [7, 11) is 0. The predicted molar refractivity (Wildman–Crippen MR) is 116 cm³/mol. The molecule has 0 amide bonds. The van der Waals surface area contributed by atoms with Crippen LogP contribution in [0.15, 0.2) is 84.9 Å². The van der Waals surface area contributed by atoms with Gasteiger partial charge in [0.25, 0.3) is 0 Å². The standard InChI is InChI=1S/C26H20N2/c1-26(2)21-12-7-6-11-18(21)19-16-24-20(15-22(19)26)25-23(13-8-14-27-25)28(24)17-9-4-3-5-10-17/h3-16H,1-2H3/i3D,4D,5D,9D,10D. The second-order valence-electron chi connectivity index (χ2n) is 7.77. The van der Waals surface area contributed by atoms with Gasteiger partial charge in [0.05, 0.1) is 23.4 Å². The molecule has 0 radical (unpaired) electrons. The molecule has 5 aromatic rings. The van der Waals surface area contributed by atoms with E-state index in [1.807, 2.05) is 12.1 Å². The minimum Gasteiger partial charge on any atom is -0.308 e. The molecule has 0 fully saturated rings. The van der Waals surface area contributed by atoms with Gasteiger partial charge in [-0.25, -0.2) is 0 Å². The zero-order valence-corrected chi connectivity index (χ0v) is 15.6. The van der Waals surface area contributed by atoms with Crippen molar-refractivity contribution < 1.29 is 6.85 Å². The fraction of sp³-hybridized carbons (Fsp3) is 0.115. The third-order valence-electron chi connectivity index (χ3n) is 5.93. The molecule has 28 heavy (non-hydrogen) atoms. The highest BCUT2D eigenvalue weighted by atomic mass is 15.0. The molecule has 0 bridgehead atoms. The van der Waals surface area contributed by atoms with Gasteiger partial charge in [-0.1, -0.05) is 56.2 Å². The maximum atomic E-state index is 8.58. The van der Waals surface area contributed by atoms with Crippen LogP contribution < -0.4 is 0 Å². The van der Waals surface area contributed by atoms with Crippen molar-refractivity contribution in [1.29, 1.82) is 0 Å². The SMILES string of the molecule is [2H]c1c([2H])c([2H])c(-n2c3cc4c(cc3c3ncccc32)C(C)(C)c2ccccc2-4)c([2H])c1[2H]. The Kier molecular flexibility index (Phi) is 2.18. The lowest BCUT2D eigenvalue weighted by atomic mass is 9.82. The normalized spacial score (nSPS) is 16.9. The van der Waals surface area contributed by atoms with Crippen molar-refractivity contribution in [2.45, 2.75) is 19.3 Å². The Labute approximate surface area is 171 Å². The second kappa shape index (κ2) is 5.32. The first-order valence-corrected chi connectivity index (χ1v) is 9.34. The van der Waals surface area contributed by atoms with Crippen LogP contribution in [0.5, 0.6) is 0 Å². The number of benzene rings is 3. The maximum absolute atomic E-state index is 8.58. The second-order valence-corrected chi connectivity index (χ2v) is 7.77. The summed E-state index contributed by atoms with van der Waals surface area (Å²) in [6, 6.07) is 14.7. The smallest absolute Gasteiger partial charge is 0.0963 e. The monoisotopic (exact) mass is 365 g/mol. The van der Waals surface area contributed by atoms with Gasteiger partial charge in [0, 0.05) is 22.7 Å². The molecule has 1 aliphatic rings. The van der Waals surface area contributed by atoms with Gasteiger partial charge in [0.1, 0.15) is 0 Å². The van der Waals surface area contributed by atoms with Gasteiger partial charge >= 0.3 is 0 Å². The van der Waals surface area contributed by atoms with E-state index in [9.17, 15) is 0 Å². The summed E-state index contributed by atoms with van der Waals surface area (Å²) in [5.74, 6) is 0. The van der Waals surface area contributed by atoms with Crippen molar-refractivity contribution in [3.8, 4) is 16.8 Å². The Morgan fingerprint density at radius 1 is 0.857 bits per heavy atom. The molecular formula is C26H20N2. The van der Waals surface area contributed by atoms with E-state index in [4.69, 9.17) is 6.85 Å². The van der Waals surface area contributed by atoms with Crippen LogP contribution in [0.2, 0.25) is 0 Å². The number of rotatable bonds is 1. The fourth-order valence-electron chi connectivity index (χ4n) is 4.62. The molecule has 2 nitrogen and oxygen atoms in total. The highest BCUT2D eigenvalue weighted by Crippen LogP contribution is 2.50. The minimum absolute atomic E-state index is 0.138. The number of nitrogens with zero attached hydrogens (tertiary/aromatic N) is 2. The first kappa shape index (κ1) is 11.5. The highest BCUT2D eigenvalue weighted by Gasteiger charge is 2.36. The van der Waals surface area contributed by atoms with Crippen LogP contribution in [0.25, 0.3) is 38.8 Å². The average Bonchev–Trinajstić information content (AvgIpc) is 3.25. The molecule has 0 N–H and O–H groups in total. The van der Waals surface area contributed by atoms with Crippen LogP contribution in [-0.4, -0.2) is 9.55 Å². The summed E-state index contributed by atoms with van der Waals surface area (Å²) >= 11 is 0. The number of pyridine rings is 1. The lowest BCUT2D eigenvalue weighted by Crippen LogP contribution is -2.14. The van der Waals surface area contributed by atoms with Crippen LogP contribution in [0.4, 0.5) is 0 Å². The van der Waals surface area contributed by atoms with E-state index in [-0.39, 0.29) is 35.3 Å². The Morgan fingerprint density at radius 2 is 1.68 bits per heavy atom. The molecule has 0 atom stereocenters. The van der Waals surface area contributed by atoms with E-state index in [2.05, 4.69) is 49.2 Å². The molecule has 2 heteroatoms. The third kappa shape index (κ3) is 1.90. The third-order valence-corrected chi connectivity index (χ3v) is 5.93.